The van der Waals surface area contributed by atoms with Gasteiger partial charge in [-0.25, -0.2) is 0 Å². The van der Waals surface area contributed by atoms with Crippen LogP contribution in [0.4, 0.5) is 0 Å². The van der Waals surface area contributed by atoms with Gasteiger partial charge in [0.2, 0.25) is 5.91 Å². The molecule has 0 saturated carbocycles. The number of benzene rings is 1. The molecule has 2 amide bonds. The van der Waals surface area contributed by atoms with Crippen molar-refractivity contribution in [1.82, 2.24) is 20.0 Å². The molecule has 0 bridgehead atoms. The van der Waals surface area contributed by atoms with E-state index in [0.29, 0.717) is 31.7 Å². The molecule has 144 valence electrons. The molecule has 2 aromatic rings. The van der Waals surface area contributed by atoms with E-state index in [9.17, 15) is 9.59 Å². The zero-order chi connectivity index (χ0) is 19.4. The Balaban J connectivity index is 1.79. The molecular weight excluding hydrogens is 340 g/mol. The van der Waals surface area contributed by atoms with Crippen molar-refractivity contribution in [1.29, 1.82) is 0 Å². The molecule has 0 radical (unpaired) electrons. The fourth-order valence-corrected chi connectivity index (χ4v) is 3.69. The summed E-state index contributed by atoms with van der Waals surface area (Å²) in [5.74, 6) is 0.0188. The Labute approximate surface area is 160 Å². The number of H-pyrrole nitrogens is 1. The van der Waals surface area contributed by atoms with Crippen LogP contribution in [0.2, 0.25) is 0 Å². The highest BCUT2D eigenvalue weighted by Gasteiger charge is 2.32. The van der Waals surface area contributed by atoms with Gasteiger partial charge in [0, 0.05) is 43.4 Å². The quantitative estimate of drug-likeness (QED) is 0.882. The third kappa shape index (κ3) is 4.04. The molecule has 0 spiro atoms. The molecule has 1 fully saturated rings. The fraction of sp³-hybridized carbons (Fsp3) is 0.476. The maximum atomic E-state index is 13.0. The lowest BCUT2D eigenvalue weighted by Gasteiger charge is -2.31. The average molecular weight is 368 g/mol. The predicted octanol–water partition coefficient (Wildman–Crippen LogP) is 2.93. The molecule has 1 saturated heterocycles. The summed E-state index contributed by atoms with van der Waals surface area (Å²) in [6.07, 6.45) is 1.97. The van der Waals surface area contributed by atoms with Gasteiger partial charge in [0.05, 0.1) is 0 Å². The second-order valence-corrected chi connectivity index (χ2v) is 7.10. The minimum absolute atomic E-state index is 0.00838. The number of hydrogen-bond acceptors (Lipinski definition) is 3. The second kappa shape index (κ2) is 8.37. The van der Waals surface area contributed by atoms with E-state index < -0.39 is 0 Å². The van der Waals surface area contributed by atoms with Gasteiger partial charge in [0.15, 0.2) is 5.69 Å². The molecule has 1 aliphatic rings. The van der Waals surface area contributed by atoms with Crippen LogP contribution in [0.5, 0.6) is 0 Å². The van der Waals surface area contributed by atoms with Crippen LogP contribution in [0.15, 0.2) is 30.3 Å². The monoisotopic (exact) mass is 368 g/mol. The van der Waals surface area contributed by atoms with E-state index in [1.165, 1.54) is 0 Å². The van der Waals surface area contributed by atoms with Crippen molar-refractivity contribution in [2.75, 3.05) is 13.1 Å². The van der Waals surface area contributed by atoms with Crippen molar-refractivity contribution < 1.29 is 9.59 Å². The molecular formula is C21H28N4O2. The Bertz CT molecular complexity index is 800. The SMILES string of the molecule is CCc1[nH]nc(C(=O)N2CCC(=O)N(Cc3ccccc3)[C@H](CC)C2)c1C. The number of hydrogen-bond donors (Lipinski definition) is 1. The fourth-order valence-electron chi connectivity index (χ4n) is 3.69. The van der Waals surface area contributed by atoms with Crippen molar-refractivity contribution in [3.8, 4) is 0 Å². The number of aryl methyl sites for hydroxylation is 1. The van der Waals surface area contributed by atoms with Crippen LogP contribution in [0.25, 0.3) is 0 Å². The normalized spacial score (nSPS) is 17.9. The van der Waals surface area contributed by atoms with Gasteiger partial charge in [0.25, 0.3) is 5.91 Å². The Kier molecular flexibility index (Phi) is 5.94. The van der Waals surface area contributed by atoms with E-state index in [1.54, 1.807) is 4.90 Å². The Morgan fingerprint density at radius 3 is 2.63 bits per heavy atom. The van der Waals surface area contributed by atoms with E-state index in [0.717, 1.165) is 29.7 Å². The molecule has 27 heavy (non-hydrogen) atoms. The highest BCUT2D eigenvalue weighted by molar-refractivity contribution is 5.94. The maximum absolute atomic E-state index is 13.0. The van der Waals surface area contributed by atoms with E-state index in [1.807, 2.05) is 49.1 Å². The summed E-state index contributed by atoms with van der Waals surface area (Å²) < 4.78 is 0. The summed E-state index contributed by atoms with van der Waals surface area (Å²) in [6.45, 7) is 7.60. The van der Waals surface area contributed by atoms with Crippen LogP contribution in [-0.2, 0) is 17.8 Å². The van der Waals surface area contributed by atoms with Gasteiger partial charge in [-0.15, -0.1) is 0 Å². The van der Waals surface area contributed by atoms with Crippen LogP contribution in [0.3, 0.4) is 0 Å². The van der Waals surface area contributed by atoms with Crippen molar-refractivity contribution in [2.45, 2.75) is 52.6 Å². The molecule has 3 rings (SSSR count). The summed E-state index contributed by atoms with van der Waals surface area (Å²) in [5, 5.41) is 7.19. The molecule has 0 unspecified atom stereocenters. The molecule has 1 N–H and O–H groups in total. The lowest BCUT2D eigenvalue weighted by atomic mass is 10.1. The van der Waals surface area contributed by atoms with Crippen LogP contribution in [-0.4, -0.2) is 50.9 Å². The van der Waals surface area contributed by atoms with Gasteiger partial charge < -0.3 is 9.80 Å². The zero-order valence-corrected chi connectivity index (χ0v) is 16.4. The first kappa shape index (κ1) is 19.1. The summed E-state index contributed by atoms with van der Waals surface area (Å²) >= 11 is 0. The Morgan fingerprint density at radius 1 is 1.26 bits per heavy atom. The predicted molar refractivity (Wildman–Crippen MR) is 104 cm³/mol. The van der Waals surface area contributed by atoms with Crippen LogP contribution in [0.1, 0.15) is 54.0 Å². The van der Waals surface area contributed by atoms with Gasteiger partial charge in [-0.1, -0.05) is 44.2 Å². The standard InChI is InChI=1S/C21H28N4O2/c1-4-17-14-24(21(27)20-15(3)18(5-2)22-23-20)12-11-19(26)25(17)13-16-9-7-6-8-10-16/h6-10,17H,4-5,11-14H2,1-3H3,(H,22,23)/t17-/m1/s1. The number of rotatable bonds is 5. The first-order chi connectivity index (χ1) is 13.0. The number of aromatic amines is 1. The topological polar surface area (TPSA) is 69.3 Å². The number of carbonyl (C=O) groups excluding carboxylic acids is 2. The molecule has 2 heterocycles. The Morgan fingerprint density at radius 2 is 2.00 bits per heavy atom. The highest BCUT2D eigenvalue weighted by atomic mass is 16.2. The Hall–Kier alpha value is -2.63. The maximum Gasteiger partial charge on any atom is 0.274 e. The minimum atomic E-state index is -0.0868. The summed E-state index contributed by atoms with van der Waals surface area (Å²) in [5.41, 5.74) is 3.49. The van der Waals surface area contributed by atoms with Crippen molar-refractivity contribution in [2.24, 2.45) is 0 Å². The molecule has 1 aromatic carbocycles. The summed E-state index contributed by atoms with van der Waals surface area (Å²) in [7, 11) is 0. The lowest BCUT2D eigenvalue weighted by Crippen LogP contribution is -2.44. The van der Waals surface area contributed by atoms with E-state index in [2.05, 4.69) is 17.1 Å². The van der Waals surface area contributed by atoms with Crippen molar-refractivity contribution >= 4 is 11.8 Å². The smallest absolute Gasteiger partial charge is 0.274 e. The molecule has 6 heteroatoms. The lowest BCUT2D eigenvalue weighted by molar-refractivity contribution is -0.133. The number of carbonyl (C=O) groups is 2. The first-order valence-corrected chi connectivity index (χ1v) is 9.71. The molecule has 1 aromatic heterocycles. The third-order valence-electron chi connectivity index (χ3n) is 5.41. The number of nitrogens with one attached hydrogen (secondary N) is 1. The van der Waals surface area contributed by atoms with E-state index in [4.69, 9.17) is 0 Å². The van der Waals surface area contributed by atoms with Gasteiger partial charge >= 0.3 is 0 Å². The van der Waals surface area contributed by atoms with Gasteiger partial charge in [-0.05, 0) is 25.3 Å². The molecule has 1 aliphatic heterocycles. The highest BCUT2D eigenvalue weighted by Crippen LogP contribution is 2.20. The zero-order valence-electron chi connectivity index (χ0n) is 16.4. The number of aromatic nitrogens is 2. The van der Waals surface area contributed by atoms with Gasteiger partial charge in [0.1, 0.15) is 0 Å². The molecule has 6 nitrogen and oxygen atoms in total. The van der Waals surface area contributed by atoms with Crippen LogP contribution < -0.4 is 0 Å². The van der Waals surface area contributed by atoms with Crippen LogP contribution >= 0.6 is 0 Å². The number of nitrogens with zero attached hydrogens (tertiary/aromatic N) is 3. The number of amides is 2. The average Bonchev–Trinajstić information content (AvgIpc) is 2.99. The summed E-state index contributed by atoms with van der Waals surface area (Å²) in [4.78, 5) is 29.5. The van der Waals surface area contributed by atoms with Gasteiger partial charge in [-0.3, -0.25) is 14.7 Å². The van der Waals surface area contributed by atoms with Crippen molar-refractivity contribution in [3.63, 3.8) is 0 Å². The molecule has 0 aliphatic carbocycles. The largest absolute Gasteiger partial charge is 0.335 e. The van der Waals surface area contributed by atoms with E-state index >= 15 is 0 Å². The summed E-state index contributed by atoms with van der Waals surface area (Å²) in [6, 6.07) is 10.0. The van der Waals surface area contributed by atoms with Crippen LogP contribution in [0, 0.1) is 6.92 Å². The molecule has 1 atom stereocenters. The van der Waals surface area contributed by atoms with E-state index in [-0.39, 0.29) is 17.9 Å². The van der Waals surface area contributed by atoms with Gasteiger partial charge in [-0.2, -0.15) is 5.10 Å². The minimum Gasteiger partial charge on any atom is -0.335 e. The second-order valence-electron chi connectivity index (χ2n) is 7.10. The first-order valence-electron chi connectivity index (χ1n) is 9.71. The third-order valence-corrected chi connectivity index (χ3v) is 5.41. The van der Waals surface area contributed by atoms with Crippen molar-refractivity contribution in [3.05, 3.63) is 52.8 Å².